The summed E-state index contributed by atoms with van der Waals surface area (Å²) in [6.07, 6.45) is 6.50. The van der Waals surface area contributed by atoms with Crippen molar-refractivity contribution >= 4 is 10.9 Å². The molecular formula is C15H18N6. The van der Waals surface area contributed by atoms with Gasteiger partial charge in [0.15, 0.2) is 0 Å². The van der Waals surface area contributed by atoms with E-state index in [1.807, 2.05) is 33.9 Å². The van der Waals surface area contributed by atoms with Crippen LogP contribution in [0, 0.1) is 0 Å². The maximum atomic E-state index is 4.43. The van der Waals surface area contributed by atoms with Crippen LogP contribution in [0.1, 0.15) is 18.5 Å². The third kappa shape index (κ3) is 2.80. The van der Waals surface area contributed by atoms with Crippen LogP contribution in [-0.4, -0.2) is 30.8 Å². The number of nitrogens with one attached hydrogen (secondary N) is 1. The fourth-order valence-electron chi connectivity index (χ4n) is 2.47. The van der Waals surface area contributed by atoms with Crippen LogP contribution in [0.25, 0.3) is 10.9 Å². The van der Waals surface area contributed by atoms with Crippen molar-refractivity contribution in [3.63, 3.8) is 0 Å². The van der Waals surface area contributed by atoms with E-state index in [4.69, 9.17) is 0 Å². The van der Waals surface area contributed by atoms with E-state index in [1.54, 1.807) is 0 Å². The molecular weight excluding hydrogens is 264 g/mol. The van der Waals surface area contributed by atoms with Crippen molar-refractivity contribution in [2.24, 2.45) is 0 Å². The van der Waals surface area contributed by atoms with Gasteiger partial charge in [0, 0.05) is 24.2 Å². The normalized spacial score (nSPS) is 14.9. The van der Waals surface area contributed by atoms with Gasteiger partial charge in [-0.1, -0.05) is 23.4 Å². The molecule has 1 saturated carbocycles. The van der Waals surface area contributed by atoms with Gasteiger partial charge in [-0.25, -0.2) is 0 Å². The third-order valence-electron chi connectivity index (χ3n) is 3.83. The predicted molar refractivity (Wildman–Crippen MR) is 79.6 cm³/mol. The summed E-state index contributed by atoms with van der Waals surface area (Å²) in [5, 5.41) is 17.4. The van der Waals surface area contributed by atoms with Gasteiger partial charge in [-0.2, -0.15) is 5.10 Å². The number of nitrogens with zero attached hydrogens (tertiary/aromatic N) is 5. The van der Waals surface area contributed by atoms with Crippen molar-refractivity contribution in [2.45, 2.75) is 38.5 Å². The van der Waals surface area contributed by atoms with E-state index < -0.39 is 0 Å². The lowest BCUT2D eigenvalue weighted by molar-refractivity contribution is 0.499. The molecule has 0 aliphatic heterocycles. The van der Waals surface area contributed by atoms with E-state index in [0.717, 1.165) is 30.8 Å². The van der Waals surface area contributed by atoms with Crippen molar-refractivity contribution in [2.75, 3.05) is 0 Å². The standard InChI is InChI=1S/C15H18N6/c1-2-4-15-12(3-1)9-17-21(15)8-7-20-11-14(18-19-20)10-16-13-5-6-13/h1-4,9,11,13,16H,5-8,10H2. The highest BCUT2D eigenvalue weighted by Crippen LogP contribution is 2.18. The van der Waals surface area contributed by atoms with Gasteiger partial charge in [0.2, 0.25) is 0 Å². The van der Waals surface area contributed by atoms with Crippen molar-refractivity contribution in [1.29, 1.82) is 0 Å². The Kier molecular flexibility index (Phi) is 3.16. The molecule has 1 fully saturated rings. The molecule has 4 rings (SSSR count). The molecule has 1 N–H and O–H groups in total. The summed E-state index contributed by atoms with van der Waals surface area (Å²) in [4.78, 5) is 0. The molecule has 0 spiro atoms. The monoisotopic (exact) mass is 282 g/mol. The molecule has 0 amide bonds. The molecule has 1 aromatic carbocycles. The van der Waals surface area contributed by atoms with Crippen molar-refractivity contribution in [3.05, 3.63) is 42.4 Å². The van der Waals surface area contributed by atoms with Crippen molar-refractivity contribution in [1.82, 2.24) is 30.1 Å². The molecule has 2 aromatic heterocycles. The number of aromatic nitrogens is 5. The van der Waals surface area contributed by atoms with Crippen LogP contribution >= 0.6 is 0 Å². The van der Waals surface area contributed by atoms with Crippen LogP contribution in [0.15, 0.2) is 36.7 Å². The van der Waals surface area contributed by atoms with Gasteiger partial charge < -0.3 is 5.32 Å². The van der Waals surface area contributed by atoms with Crippen molar-refractivity contribution < 1.29 is 0 Å². The summed E-state index contributed by atoms with van der Waals surface area (Å²) in [5.41, 5.74) is 2.17. The Morgan fingerprint density at radius 2 is 2.10 bits per heavy atom. The fraction of sp³-hybridized carbons (Fsp3) is 0.400. The second-order valence-corrected chi connectivity index (χ2v) is 5.55. The summed E-state index contributed by atoms with van der Waals surface area (Å²) in [5.74, 6) is 0. The smallest absolute Gasteiger partial charge is 0.0964 e. The lowest BCUT2D eigenvalue weighted by Crippen LogP contribution is -2.15. The molecule has 0 bridgehead atoms. The lowest BCUT2D eigenvalue weighted by atomic mass is 10.3. The first-order chi connectivity index (χ1) is 10.4. The highest BCUT2D eigenvalue weighted by molar-refractivity contribution is 5.78. The van der Waals surface area contributed by atoms with E-state index >= 15 is 0 Å². The Hall–Kier alpha value is -2.21. The quantitative estimate of drug-likeness (QED) is 0.745. The average Bonchev–Trinajstić information content (AvgIpc) is 3.09. The molecule has 3 aromatic rings. The first-order valence-corrected chi connectivity index (χ1v) is 7.41. The number of fused-ring (bicyclic) bond motifs is 1. The van der Waals surface area contributed by atoms with E-state index in [1.165, 1.54) is 18.2 Å². The topological polar surface area (TPSA) is 60.6 Å². The lowest BCUT2D eigenvalue weighted by Gasteiger charge is -2.03. The molecule has 0 atom stereocenters. The Balaban J connectivity index is 1.39. The molecule has 0 unspecified atom stereocenters. The largest absolute Gasteiger partial charge is 0.308 e. The summed E-state index contributed by atoms with van der Waals surface area (Å²) in [6.45, 7) is 2.39. The third-order valence-corrected chi connectivity index (χ3v) is 3.83. The van der Waals surface area contributed by atoms with Gasteiger partial charge in [0.05, 0.1) is 30.5 Å². The number of aryl methyl sites for hydroxylation is 2. The predicted octanol–water partition coefficient (Wildman–Crippen LogP) is 1.58. The Labute approximate surface area is 122 Å². The fourth-order valence-corrected chi connectivity index (χ4v) is 2.47. The number of hydrogen-bond donors (Lipinski definition) is 1. The van der Waals surface area contributed by atoms with Gasteiger partial charge >= 0.3 is 0 Å². The zero-order chi connectivity index (χ0) is 14.1. The zero-order valence-corrected chi connectivity index (χ0v) is 11.8. The number of para-hydroxylation sites is 1. The minimum atomic E-state index is 0.700. The van der Waals surface area contributed by atoms with Gasteiger partial charge in [0.25, 0.3) is 0 Å². The van der Waals surface area contributed by atoms with Crippen molar-refractivity contribution in [3.8, 4) is 0 Å². The SMILES string of the molecule is c1ccc2c(c1)cnn2CCn1cc(CNC2CC2)nn1. The Morgan fingerprint density at radius 1 is 1.19 bits per heavy atom. The first kappa shape index (κ1) is 12.5. The maximum Gasteiger partial charge on any atom is 0.0964 e. The van der Waals surface area contributed by atoms with Crippen LogP contribution in [0.5, 0.6) is 0 Å². The molecule has 6 heteroatoms. The zero-order valence-electron chi connectivity index (χ0n) is 11.8. The minimum absolute atomic E-state index is 0.700. The van der Waals surface area contributed by atoms with Crippen LogP contribution in [-0.2, 0) is 19.6 Å². The first-order valence-electron chi connectivity index (χ1n) is 7.41. The van der Waals surface area contributed by atoms with Crippen LogP contribution in [0.3, 0.4) is 0 Å². The van der Waals surface area contributed by atoms with E-state index in [-0.39, 0.29) is 0 Å². The van der Waals surface area contributed by atoms with E-state index in [9.17, 15) is 0 Å². The summed E-state index contributed by atoms with van der Waals surface area (Å²) < 4.78 is 3.90. The molecule has 1 aliphatic rings. The molecule has 108 valence electrons. The molecule has 2 heterocycles. The van der Waals surface area contributed by atoms with Gasteiger partial charge in [-0.15, -0.1) is 5.10 Å². The summed E-state index contributed by atoms with van der Waals surface area (Å²) in [7, 11) is 0. The maximum absolute atomic E-state index is 4.43. The summed E-state index contributed by atoms with van der Waals surface area (Å²) >= 11 is 0. The minimum Gasteiger partial charge on any atom is -0.308 e. The van der Waals surface area contributed by atoms with Gasteiger partial charge in [0.1, 0.15) is 0 Å². The average molecular weight is 282 g/mol. The molecule has 0 radical (unpaired) electrons. The summed E-state index contributed by atoms with van der Waals surface area (Å²) in [6, 6.07) is 8.94. The Morgan fingerprint density at radius 3 is 3.00 bits per heavy atom. The molecule has 21 heavy (non-hydrogen) atoms. The Bertz CT molecular complexity index is 739. The number of hydrogen-bond acceptors (Lipinski definition) is 4. The molecule has 6 nitrogen and oxygen atoms in total. The van der Waals surface area contributed by atoms with Gasteiger partial charge in [-0.05, 0) is 18.9 Å². The van der Waals surface area contributed by atoms with E-state index in [0.29, 0.717) is 6.04 Å². The second-order valence-electron chi connectivity index (χ2n) is 5.55. The number of benzene rings is 1. The second kappa shape index (κ2) is 5.29. The number of rotatable bonds is 6. The molecule has 1 aliphatic carbocycles. The highest BCUT2D eigenvalue weighted by Gasteiger charge is 2.20. The van der Waals surface area contributed by atoms with Crippen LogP contribution in [0.4, 0.5) is 0 Å². The molecule has 0 saturated heterocycles. The highest BCUT2D eigenvalue weighted by atomic mass is 15.4. The van der Waals surface area contributed by atoms with Gasteiger partial charge in [-0.3, -0.25) is 9.36 Å². The van der Waals surface area contributed by atoms with Crippen LogP contribution < -0.4 is 5.32 Å². The van der Waals surface area contributed by atoms with E-state index in [2.05, 4.69) is 32.9 Å². The van der Waals surface area contributed by atoms with Crippen LogP contribution in [0.2, 0.25) is 0 Å².